The minimum absolute atomic E-state index is 0.00725. The maximum absolute atomic E-state index is 12.4. The summed E-state index contributed by atoms with van der Waals surface area (Å²) in [6, 6.07) is 3.77. The molecule has 2 heterocycles. The molecule has 0 saturated heterocycles. The fourth-order valence-electron chi connectivity index (χ4n) is 8.93. The number of fused-ring (bicyclic) bond motifs is 5. The molecule has 0 aromatic carbocycles. The van der Waals surface area contributed by atoms with E-state index in [-0.39, 0.29) is 28.9 Å². The largest absolute Gasteiger partial charge is 0.467 e. The van der Waals surface area contributed by atoms with E-state index in [9.17, 15) is 9.90 Å². The molecule has 5 aliphatic rings. The molecule has 1 unspecified atom stereocenters. The molecule has 1 aromatic rings. The van der Waals surface area contributed by atoms with Crippen molar-refractivity contribution in [2.24, 2.45) is 39.6 Å². The number of aliphatic hydroxyl groups is 1. The predicted molar refractivity (Wildman–Crippen MR) is 127 cm³/mol. The van der Waals surface area contributed by atoms with Crippen molar-refractivity contribution in [3.05, 3.63) is 35.8 Å². The van der Waals surface area contributed by atoms with E-state index in [0.29, 0.717) is 5.92 Å². The van der Waals surface area contributed by atoms with Gasteiger partial charge in [0.05, 0.1) is 12.4 Å². The Morgan fingerprint density at radius 3 is 2.76 bits per heavy atom. The van der Waals surface area contributed by atoms with Gasteiger partial charge in [-0.3, -0.25) is 4.79 Å². The number of hydrogen-bond donors (Lipinski definition) is 1. The van der Waals surface area contributed by atoms with Gasteiger partial charge in [-0.2, -0.15) is 5.10 Å². The molecule has 0 radical (unpaired) electrons. The normalized spacial score (nSPS) is 44.5. The van der Waals surface area contributed by atoms with Crippen molar-refractivity contribution in [2.45, 2.75) is 90.7 Å². The van der Waals surface area contributed by atoms with E-state index in [1.54, 1.807) is 23.8 Å². The topological polar surface area (TPSA) is 66.0 Å². The van der Waals surface area contributed by atoms with Crippen LogP contribution in [0.25, 0.3) is 0 Å². The van der Waals surface area contributed by atoms with Crippen LogP contribution < -0.4 is 0 Å². The molecule has 5 nitrogen and oxygen atoms in total. The molecule has 33 heavy (non-hydrogen) atoms. The van der Waals surface area contributed by atoms with Crippen LogP contribution in [0.15, 0.2) is 39.6 Å². The number of allylic oxidation sites excluding steroid dienone is 1. The van der Waals surface area contributed by atoms with Crippen LogP contribution in [0.3, 0.4) is 0 Å². The van der Waals surface area contributed by atoms with Gasteiger partial charge in [0, 0.05) is 25.0 Å². The van der Waals surface area contributed by atoms with E-state index in [4.69, 9.17) is 9.52 Å². The smallest absolute Gasteiger partial charge is 0.240 e. The first kappa shape index (κ1) is 21.6. The van der Waals surface area contributed by atoms with Crippen LogP contribution in [-0.2, 0) is 4.79 Å². The van der Waals surface area contributed by atoms with Crippen LogP contribution in [0.4, 0.5) is 0 Å². The number of carbonyl (C=O) groups is 1. The standard InChI is InChI=1S/C28H38N2O3/c1-17(31)30-25(26-5-4-14-33-26)16-24(29-30)23-9-8-21-20-7-6-18-15-19(32)10-12-27(18,2)22(20)11-13-28(21,23)3/h4-6,14,19-23,25,32H,7-13,15-16H2,1-3H3/t19-,20-,21-,22-,23+,25?,27-,28-/m0/s1. The highest BCUT2D eigenvalue weighted by Crippen LogP contribution is 2.66. The number of furan rings is 1. The van der Waals surface area contributed by atoms with E-state index in [1.165, 1.54) is 37.8 Å². The van der Waals surface area contributed by atoms with Crippen LogP contribution in [0.1, 0.15) is 90.4 Å². The second-order valence-corrected chi connectivity index (χ2v) is 12.0. The lowest BCUT2D eigenvalue weighted by molar-refractivity contribution is -0.130. The van der Waals surface area contributed by atoms with Crippen LogP contribution in [0.5, 0.6) is 0 Å². The third-order valence-corrected chi connectivity index (χ3v) is 10.6. The Bertz CT molecular complexity index is 997. The minimum Gasteiger partial charge on any atom is -0.467 e. The van der Waals surface area contributed by atoms with Crippen LogP contribution in [-0.4, -0.2) is 27.8 Å². The number of hydrogen-bond acceptors (Lipinski definition) is 4. The number of nitrogens with zero attached hydrogens (tertiary/aromatic N) is 2. The van der Waals surface area contributed by atoms with Gasteiger partial charge in [0.2, 0.25) is 5.91 Å². The highest BCUT2D eigenvalue weighted by atomic mass is 16.3. The van der Waals surface area contributed by atoms with E-state index >= 15 is 0 Å². The Morgan fingerprint density at radius 1 is 1.15 bits per heavy atom. The lowest BCUT2D eigenvalue weighted by Gasteiger charge is -2.58. The zero-order valence-corrected chi connectivity index (χ0v) is 20.3. The Labute approximate surface area is 197 Å². The summed E-state index contributed by atoms with van der Waals surface area (Å²) in [5.41, 5.74) is 3.30. The molecule has 178 valence electrons. The van der Waals surface area contributed by atoms with Crippen molar-refractivity contribution in [3.8, 4) is 0 Å². The summed E-state index contributed by atoms with van der Waals surface area (Å²) in [6.45, 7) is 6.63. The molecular weight excluding hydrogens is 412 g/mol. The van der Waals surface area contributed by atoms with E-state index < -0.39 is 0 Å². The monoisotopic (exact) mass is 450 g/mol. The fraction of sp³-hybridized carbons (Fsp3) is 0.714. The second kappa shape index (κ2) is 7.56. The SMILES string of the molecule is CC(=O)N1N=C([C@H]2CC[C@H]3[C@@H]4CC=C5C[C@@H](O)CC[C@]5(C)[C@H]4CC[C@]23C)CC1c1ccco1. The maximum atomic E-state index is 12.4. The van der Waals surface area contributed by atoms with Gasteiger partial charge in [-0.15, -0.1) is 0 Å². The molecule has 1 N–H and O–H groups in total. The summed E-state index contributed by atoms with van der Waals surface area (Å²) in [5, 5.41) is 16.9. The summed E-state index contributed by atoms with van der Waals surface area (Å²) in [5.74, 6) is 3.49. The molecule has 3 fully saturated rings. The van der Waals surface area contributed by atoms with Crippen molar-refractivity contribution < 1.29 is 14.3 Å². The lowest BCUT2D eigenvalue weighted by Crippen LogP contribution is -2.51. The number of carbonyl (C=O) groups excluding carboxylic acids is 1. The Balaban J connectivity index is 1.27. The number of hydrazone groups is 1. The van der Waals surface area contributed by atoms with Crippen molar-refractivity contribution in [2.75, 3.05) is 0 Å². The van der Waals surface area contributed by atoms with Gasteiger partial charge in [-0.25, -0.2) is 5.01 Å². The third kappa shape index (κ3) is 3.14. The van der Waals surface area contributed by atoms with E-state index in [2.05, 4.69) is 19.9 Å². The summed E-state index contributed by atoms with van der Waals surface area (Å²) in [7, 11) is 0. The molecule has 4 aliphatic carbocycles. The van der Waals surface area contributed by atoms with Gasteiger partial charge in [-0.05, 0) is 92.1 Å². The van der Waals surface area contributed by atoms with Crippen LogP contribution >= 0.6 is 0 Å². The molecule has 1 aromatic heterocycles. The first-order valence-electron chi connectivity index (χ1n) is 13.1. The molecule has 0 bridgehead atoms. The summed E-state index contributed by atoms with van der Waals surface area (Å²) < 4.78 is 5.69. The van der Waals surface area contributed by atoms with E-state index in [0.717, 1.165) is 49.2 Å². The lowest BCUT2D eigenvalue weighted by atomic mass is 9.47. The molecule has 5 heteroatoms. The number of aliphatic hydroxyl groups excluding tert-OH is 1. The Hall–Kier alpha value is -1.88. The average molecular weight is 451 g/mol. The van der Waals surface area contributed by atoms with Gasteiger partial charge in [0.1, 0.15) is 11.8 Å². The Kier molecular flexibility index (Phi) is 4.96. The molecule has 8 atom stereocenters. The van der Waals surface area contributed by atoms with Crippen LogP contribution in [0, 0.1) is 34.5 Å². The first-order chi connectivity index (χ1) is 15.8. The van der Waals surface area contributed by atoms with Gasteiger partial charge in [0.15, 0.2) is 0 Å². The van der Waals surface area contributed by atoms with Crippen LogP contribution in [0.2, 0.25) is 0 Å². The molecular formula is C28H38N2O3. The average Bonchev–Trinajstić information content (AvgIpc) is 3.51. The predicted octanol–water partition coefficient (Wildman–Crippen LogP) is 5.87. The van der Waals surface area contributed by atoms with Crippen molar-refractivity contribution >= 4 is 11.6 Å². The molecule has 1 aliphatic heterocycles. The number of rotatable bonds is 2. The van der Waals surface area contributed by atoms with Gasteiger partial charge in [0.25, 0.3) is 0 Å². The van der Waals surface area contributed by atoms with Gasteiger partial charge in [-0.1, -0.05) is 25.5 Å². The van der Waals surface area contributed by atoms with Gasteiger partial charge < -0.3 is 9.52 Å². The zero-order chi connectivity index (χ0) is 23.0. The summed E-state index contributed by atoms with van der Waals surface area (Å²) >= 11 is 0. The minimum atomic E-state index is -0.141. The van der Waals surface area contributed by atoms with Crippen molar-refractivity contribution in [1.29, 1.82) is 0 Å². The Morgan fingerprint density at radius 2 is 2.00 bits per heavy atom. The van der Waals surface area contributed by atoms with Crippen molar-refractivity contribution in [1.82, 2.24) is 5.01 Å². The molecule has 3 saturated carbocycles. The summed E-state index contributed by atoms with van der Waals surface area (Å²) in [4.78, 5) is 12.4. The van der Waals surface area contributed by atoms with E-state index in [1.807, 2.05) is 12.1 Å². The highest BCUT2D eigenvalue weighted by molar-refractivity contribution is 5.92. The maximum Gasteiger partial charge on any atom is 0.240 e. The third-order valence-electron chi connectivity index (χ3n) is 10.6. The number of amides is 1. The fourth-order valence-corrected chi connectivity index (χ4v) is 8.93. The van der Waals surface area contributed by atoms with Crippen molar-refractivity contribution in [3.63, 3.8) is 0 Å². The quantitative estimate of drug-likeness (QED) is 0.573. The zero-order valence-electron chi connectivity index (χ0n) is 20.3. The molecule has 1 amide bonds. The summed E-state index contributed by atoms with van der Waals surface area (Å²) in [6.07, 6.45) is 14.0. The van der Waals surface area contributed by atoms with Gasteiger partial charge >= 0.3 is 0 Å². The molecule has 6 rings (SSSR count). The molecule has 0 spiro atoms. The first-order valence-corrected chi connectivity index (χ1v) is 13.1. The second-order valence-electron chi connectivity index (χ2n) is 12.0. The highest BCUT2D eigenvalue weighted by Gasteiger charge is 2.60.